The van der Waals surface area contributed by atoms with Gasteiger partial charge in [-0.1, -0.05) is 25.4 Å². The van der Waals surface area contributed by atoms with Gasteiger partial charge in [-0.25, -0.2) is 4.98 Å². The monoisotopic (exact) mass is 245 g/mol. The van der Waals surface area contributed by atoms with E-state index in [9.17, 15) is 0 Å². The Labute approximate surface area is 104 Å². The predicted molar refractivity (Wildman–Crippen MR) is 70.5 cm³/mol. The summed E-state index contributed by atoms with van der Waals surface area (Å²) in [6.07, 6.45) is 1.71. The fourth-order valence-corrected chi connectivity index (χ4v) is 2.26. The Morgan fingerprint density at radius 3 is 2.88 bits per heavy atom. The number of benzene rings is 1. The van der Waals surface area contributed by atoms with Crippen LogP contribution in [0.25, 0.3) is 21.9 Å². The lowest BCUT2D eigenvalue weighted by Crippen LogP contribution is -1.95. The highest BCUT2D eigenvalue weighted by atomic mass is 35.5. The zero-order valence-corrected chi connectivity index (χ0v) is 10.4. The molecule has 1 N–H and O–H groups in total. The van der Waals surface area contributed by atoms with Crippen LogP contribution < -0.4 is 0 Å². The van der Waals surface area contributed by atoms with Crippen LogP contribution in [-0.4, -0.2) is 15.0 Å². The Morgan fingerprint density at radius 1 is 1.29 bits per heavy atom. The van der Waals surface area contributed by atoms with Crippen LogP contribution in [-0.2, 0) is 0 Å². The molecule has 0 saturated carbocycles. The Morgan fingerprint density at radius 2 is 2.12 bits per heavy atom. The number of halogens is 1. The van der Waals surface area contributed by atoms with Crippen LogP contribution in [0.15, 0.2) is 24.5 Å². The summed E-state index contributed by atoms with van der Waals surface area (Å²) < 4.78 is 0. The minimum absolute atomic E-state index is 0.359. The van der Waals surface area contributed by atoms with E-state index in [2.05, 4.69) is 28.8 Å². The van der Waals surface area contributed by atoms with Gasteiger partial charge >= 0.3 is 0 Å². The molecule has 2 heterocycles. The molecule has 0 aliphatic carbocycles. The number of imidazole rings is 1. The van der Waals surface area contributed by atoms with Gasteiger partial charge in [0.2, 0.25) is 0 Å². The van der Waals surface area contributed by atoms with Crippen molar-refractivity contribution < 1.29 is 0 Å². The Hall–Kier alpha value is -1.61. The van der Waals surface area contributed by atoms with Gasteiger partial charge in [0, 0.05) is 10.4 Å². The van der Waals surface area contributed by atoms with E-state index in [1.165, 1.54) is 0 Å². The Balaban J connectivity index is 2.51. The van der Waals surface area contributed by atoms with Crippen LogP contribution in [0.4, 0.5) is 0 Å². The molecule has 0 atom stereocenters. The smallest absolute Gasteiger partial charge is 0.0995 e. The van der Waals surface area contributed by atoms with Crippen LogP contribution in [0.2, 0.25) is 5.02 Å². The van der Waals surface area contributed by atoms with E-state index in [0.29, 0.717) is 10.9 Å². The number of rotatable bonds is 1. The quantitative estimate of drug-likeness (QED) is 0.707. The predicted octanol–water partition coefficient (Wildman–Crippen LogP) is 3.89. The van der Waals surface area contributed by atoms with Gasteiger partial charge in [0.25, 0.3) is 0 Å². The van der Waals surface area contributed by atoms with E-state index in [-0.39, 0.29) is 0 Å². The van der Waals surface area contributed by atoms with Gasteiger partial charge in [-0.15, -0.1) is 0 Å². The highest BCUT2D eigenvalue weighted by Crippen LogP contribution is 2.29. The third-order valence-corrected chi connectivity index (χ3v) is 3.13. The molecule has 2 aromatic heterocycles. The van der Waals surface area contributed by atoms with Crippen molar-refractivity contribution in [1.29, 1.82) is 0 Å². The molecule has 3 rings (SSSR count). The van der Waals surface area contributed by atoms with E-state index >= 15 is 0 Å². The second kappa shape index (κ2) is 3.70. The molecule has 0 unspecified atom stereocenters. The van der Waals surface area contributed by atoms with E-state index in [1.54, 1.807) is 6.33 Å². The van der Waals surface area contributed by atoms with Crippen molar-refractivity contribution in [3.8, 4) is 0 Å². The van der Waals surface area contributed by atoms with Crippen molar-refractivity contribution >= 4 is 33.5 Å². The molecule has 0 amide bonds. The number of pyridine rings is 1. The normalized spacial score (nSPS) is 11.8. The average Bonchev–Trinajstić information content (AvgIpc) is 2.76. The lowest BCUT2D eigenvalue weighted by Gasteiger charge is -2.08. The third kappa shape index (κ3) is 1.58. The van der Waals surface area contributed by atoms with Gasteiger partial charge in [-0.05, 0) is 24.1 Å². The minimum Gasteiger partial charge on any atom is -0.343 e. The zero-order valence-electron chi connectivity index (χ0n) is 9.66. The molecular formula is C13H12ClN3. The van der Waals surface area contributed by atoms with Crippen LogP contribution in [0.3, 0.4) is 0 Å². The standard InChI is InChI=1S/C13H12ClN3/c1-7(2)11-13-12(15-6-16-13)9-5-8(14)3-4-10(9)17-11/h3-7H,1-2H3,(H,15,16). The fraction of sp³-hybridized carbons (Fsp3) is 0.231. The summed E-state index contributed by atoms with van der Waals surface area (Å²) in [5.74, 6) is 0.359. The summed E-state index contributed by atoms with van der Waals surface area (Å²) in [5.41, 5.74) is 3.95. The molecule has 0 radical (unpaired) electrons. The highest BCUT2D eigenvalue weighted by molar-refractivity contribution is 6.31. The van der Waals surface area contributed by atoms with Gasteiger partial charge in [0.1, 0.15) is 0 Å². The van der Waals surface area contributed by atoms with Gasteiger partial charge in [-0.2, -0.15) is 0 Å². The number of aromatic amines is 1. The molecule has 17 heavy (non-hydrogen) atoms. The van der Waals surface area contributed by atoms with E-state index in [0.717, 1.165) is 27.6 Å². The van der Waals surface area contributed by atoms with Gasteiger partial charge < -0.3 is 4.98 Å². The number of hydrogen-bond acceptors (Lipinski definition) is 2. The molecule has 86 valence electrons. The van der Waals surface area contributed by atoms with Crippen LogP contribution in [0.5, 0.6) is 0 Å². The number of fused-ring (bicyclic) bond motifs is 3. The summed E-state index contributed by atoms with van der Waals surface area (Å²) in [7, 11) is 0. The summed E-state index contributed by atoms with van der Waals surface area (Å²) >= 11 is 6.02. The van der Waals surface area contributed by atoms with E-state index in [4.69, 9.17) is 11.6 Å². The summed E-state index contributed by atoms with van der Waals surface area (Å²) in [6, 6.07) is 5.72. The van der Waals surface area contributed by atoms with Crippen molar-refractivity contribution in [3.05, 3.63) is 35.2 Å². The van der Waals surface area contributed by atoms with Crippen LogP contribution in [0.1, 0.15) is 25.5 Å². The number of hydrogen-bond donors (Lipinski definition) is 1. The maximum atomic E-state index is 6.02. The summed E-state index contributed by atoms with van der Waals surface area (Å²) in [4.78, 5) is 12.2. The Kier molecular flexibility index (Phi) is 2.30. The van der Waals surface area contributed by atoms with Crippen molar-refractivity contribution in [3.63, 3.8) is 0 Å². The molecule has 0 fully saturated rings. The van der Waals surface area contributed by atoms with Crippen molar-refractivity contribution in [1.82, 2.24) is 15.0 Å². The number of aromatic nitrogens is 3. The second-order valence-corrected chi connectivity index (χ2v) is 4.88. The zero-order chi connectivity index (χ0) is 12.0. The van der Waals surface area contributed by atoms with E-state index < -0.39 is 0 Å². The van der Waals surface area contributed by atoms with Crippen molar-refractivity contribution in [2.75, 3.05) is 0 Å². The molecular weight excluding hydrogens is 234 g/mol. The summed E-state index contributed by atoms with van der Waals surface area (Å²) in [5, 5.41) is 1.71. The van der Waals surface area contributed by atoms with Crippen molar-refractivity contribution in [2.24, 2.45) is 0 Å². The molecule has 0 bridgehead atoms. The third-order valence-electron chi connectivity index (χ3n) is 2.90. The van der Waals surface area contributed by atoms with Gasteiger partial charge in [0.15, 0.2) is 0 Å². The molecule has 1 aromatic carbocycles. The topological polar surface area (TPSA) is 41.6 Å². The molecule has 3 nitrogen and oxygen atoms in total. The highest BCUT2D eigenvalue weighted by Gasteiger charge is 2.13. The second-order valence-electron chi connectivity index (χ2n) is 4.44. The first-order valence-corrected chi connectivity index (χ1v) is 5.97. The lowest BCUT2D eigenvalue weighted by molar-refractivity contribution is 0.838. The molecule has 0 saturated heterocycles. The van der Waals surface area contributed by atoms with Gasteiger partial charge in [0.05, 0.1) is 28.6 Å². The van der Waals surface area contributed by atoms with Gasteiger partial charge in [-0.3, -0.25) is 4.98 Å². The van der Waals surface area contributed by atoms with Crippen molar-refractivity contribution in [2.45, 2.75) is 19.8 Å². The maximum absolute atomic E-state index is 6.02. The first-order chi connectivity index (χ1) is 8.16. The van der Waals surface area contributed by atoms with Crippen LogP contribution >= 0.6 is 11.6 Å². The number of nitrogens with zero attached hydrogens (tertiary/aromatic N) is 2. The first kappa shape index (κ1) is 10.5. The summed E-state index contributed by atoms with van der Waals surface area (Å²) in [6.45, 7) is 4.26. The number of nitrogens with one attached hydrogen (secondary N) is 1. The largest absolute Gasteiger partial charge is 0.343 e. The van der Waals surface area contributed by atoms with Crippen LogP contribution in [0, 0.1) is 0 Å². The fourth-order valence-electron chi connectivity index (χ4n) is 2.09. The minimum atomic E-state index is 0.359. The molecule has 3 aromatic rings. The number of H-pyrrole nitrogens is 1. The molecule has 0 aliphatic rings. The lowest BCUT2D eigenvalue weighted by atomic mass is 10.1. The molecule has 4 heteroatoms. The SMILES string of the molecule is CC(C)c1nc2ccc(Cl)cc2c2nc[nH]c12. The average molecular weight is 246 g/mol. The first-order valence-electron chi connectivity index (χ1n) is 5.59. The maximum Gasteiger partial charge on any atom is 0.0995 e. The molecule has 0 aliphatic heterocycles. The Bertz CT molecular complexity index is 700. The van der Waals surface area contributed by atoms with E-state index in [1.807, 2.05) is 18.2 Å². The molecule has 0 spiro atoms.